The van der Waals surface area contributed by atoms with Gasteiger partial charge in [0.2, 0.25) is 0 Å². The van der Waals surface area contributed by atoms with Crippen molar-refractivity contribution in [2.75, 3.05) is 5.73 Å². The van der Waals surface area contributed by atoms with Crippen LogP contribution in [0.15, 0.2) is 18.2 Å². The quantitative estimate of drug-likeness (QED) is 0.765. The van der Waals surface area contributed by atoms with Crippen LogP contribution in [-0.4, -0.2) is 14.8 Å². The van der Waals surface area contributed by atoms with Crippen molar-refractivity contribution in [1.29, 1.82) is 0 Å². The number of hydrogen-bond acceptors (Lipinski definition) is 3. The number of nitrogens with two attached hydrogens (primary N) is 1. The second kappa shape index (κ2) is 3.84. The molecule has 0 bridgehead atoms. The highest BCUT2D eigenvalue weighted by Crippen LogP contribution is 2.26. The van der Waals surface area contributed by atoms with Crippen LogP contribution < -0.4 is 5.73 Å². The van der Waals surface area contributed by atoms with Crippen LogP contribution in [0.4, 0.5) is 10.1 Å². The van der Waals surface area contributed by atoms with E-state index in [0.717, 1.165) is 31.6 Å². The minimum atomic E-state index is -0.306. The highest BCUT2D eigenvalue weighted by atomic mass is 19.1. The molecule has 17 heavy (non-hydrogen) atoms. The Bertz CT molecular complexity index is 562. The Balaban J connectivity index is 2.15. The molecule has 0 saturated carbocycles. The molecule has 0 fully saturated rings. The molecule has 88 valence electrons. The van der Waals surface area contributed by atoms with Gasteiger partial charge in [-0.1, -0.05) is 0 Å². The molecular weight excluding hydrogens is 219 g/mol. The minimum Gasteiger partial charge on any atom is -0.399 e. The lowest BCUT2D eigenvalue weighted by molar-refractivity contribution is 0.524. The number of halogens is 1. The maximum atomic E-state index is 13.8. The summed E-state index contributed by atoms with van der Waals surface area (Å²) in [5.41, 5.74) is 6.66. The van der Waals surface area contributed by atoms with E-state index in [1.807, 2.05) is 4.57 Å². The van der Waals surface area contributed by atoms with Crippen LogP contribution in [0.3, 0.4) is 0 Å². The summed E-state index contributed by atoms with van der Waals surface area (Å²) in [6.45, 7) is 0.853. The van der Waals surface area contributed by atoms with Gasteiger partial charge in [-0.25, -0.2) is 4.39 Å². The van der Waals surface area contributed by atoms with E-state index in [9.17, 15) is 4.39 Å². The van der Waals surface area contributed by atoms with Crippen LogP contribution in [0.1, 0.15) is 18.7 Å². The van der Waals surface area contributed by atoms with Crippen LogP contribution in [0.25, 0.3) is 11.4 Å². The van der Waals surface area contributed by atoms with Gasteiger partial charge in [0.05, 0.1) is 5.56 Å². The van der Waals surface area contributed by atoms with E-state index < -0.39 is 0 Å². The van der Waals surface area contributed by atoms with Gasteiger partial charge >= 0.3 is 0 Å². The van der Waals surface area contributed by atoms with Crippen molar-refractivity contribution in [3.8, 4) is 11.4 Å². The smallest absolute Gasteiger partial charge is 0.167 e. The third kappa shape index (κ3) is 1.67. The van der Waals surface area contributed by atoms with Crippen molar-refractivity contribution in [3.05, 3.63) is 29.8 Å². The van der Waals surface area contributed by atoms with Crippen LogP contribution >= 0.6 is 0 Å². The second-order valence-corrected chi connectivity index (χ2v) is 4.29. The zero-order chi connectivity index (χ0) is 11.8. The molecule has 1 aromatic carbocycles. The van der Waals surface area contributed by atoms with Crippen molar-refractivity contribution in [1.82, 2.24) is 14.8 Å². The molecule has 5 heteroatoms. The number of hydrogen-bond donors (Lipinski definition) is 1. The summed E-state index contributed by atoms with van der Waals surface area (Å²) in [6, 6.07) is 4.53. The molecule has 1 aliphatic rings. The first-order chi connectivity index (χ1) is 8.25. The summed E-state index contributed by atoms with van der Waals surface area (Å²) in [6.07, 6.45) is 3.12. The fourth-order valence-corrected chi connectivity index (χ4v) is 2.22. The summed E-state index contributed by atoms with van der Waals surface area (Å²) >= 11 is 0. The largest absolute Gasteiger partial charge is 0.399 e. The van der Waals surface area contributed by atoms with Crippen molar-refractivity contribution in [2.24, 2.45) is 0 Å². The first-order valence-electron chi connectivity index (χ1n) is 5.73. The second-order valence-electron chi connectivity index (χ2n) is 4.29. The van der Waals surface area contributed by atoms with Crippen LogP contribution in [-0.2, 0) is 13.0 Å². The topological polar surface area (TPSA) is 56.7 Å². The Morgan fingerprint density at radius 1 is 1.24 bits per heavy atom. The number of nitrogen functional groups attached to an aromatic ring is 1. The SMILES string of the molecule is Nc1ccc(F)c(-c2nnc3n2CCCC3)c1. The summed E-state index contributed by atoms with van der Waals surface area (Å²) < 4.78 is 15.8. The summed E-state index contributed by atoms with van der Waals surface area (Å²) in [4.78, 5) is 0. The van der Waals surface area contributed by atoms with Gasteiger partial charge in [-0.05, 0) is 31.0 Å². The number of anilines is 1. The normalized spacial score (nSPS) is 14.6. The Morgan fingerprint density at radius 2 is 2.12 bits per heavy atom. The van der Waals surface area contributed by atoms with Gasteiger partial charge in [-0.2, -0.15) is 0 Å². The monoisotopic (exact) mass is 232 g/mol. The number of nitrogens with zero attached hydrogens (tertiary/aromatic N) is 3. The van der Waals surface area contributed by atoms with Gasteiger partial charge in [0.15, 0.2) is 5.82 Å². The van der Waals surface area contributed by atoms with Crippen molar-refractivity contribution < 1.29 is 4.39 Å². The maximum absolute atomic E-state index is 13.8. The van der Waals surface area contributed by atoms with Gasteiger partial charge < -0.3 is 10.3 Å². The molecule has 0 unspecified atom stereocenters. The first kappa shape index (κ1) is 10.3. The molecule has 2 N–H and O–H groups in total. The lowest BCUT2D eigenvalue weighted by atomic mass is 10.1. The Hall–Kier alpha value is -1.91. The van der Waals surface area contributed by atoms with E-state index in [1.54, 1.807) is 12.1 Å². The fourth-order valence-electron chi connectivity index (χ4n) is 2.22. The molecule has 0 saturated heterocycles. The van der Waals surface area contributed by atoms with Crippen LogP contribution in [0.2, 0.25) is 0 Å². The number of fused-ring (bicyclic) bond motifs is 1. The predicted octanol–water partition coefficient (Wildman–Crippen LogP) is 2.00. The number of aryl methyl sites for hydroxylation is 1. The van der Waals surface area contributed by atoms with Gasteiger partial charge in [-0.15, -0.1) is 10.2 Å². The van der Waals surface area contributed by atoms with E-state index in [2.05, 4.69) is 10.2 Å². The summed E-state index contributed by atoms with van der Waals surface area (Å²) in [5.74, 6) is 1.22. The molecule has 0 amide bonds. The molecule has 0 atom stereocenters. The predicted molar refractivity (Wildman–Crippen MR) is 62.8 cm³/mol. The maximum Gasteiger partial charge on any atom is 0.167 e. The van der Waals surface area contributed by atoms with E-state index in [4.69, 9.17) is 5.73 Å². The van der Waals surface area contributed by atoms with Gasteiger partial charge in [0.25, 0.3) is 0 Å². The molecule has 0 aliphatic carbocycles. The average Bonchev–Trinajstić information content (AvgIpc) is 2.76. The van der Waals surface area contributed by atoms with Crippen molar-refractivity contribution >= 4 is 5.69 Å². The Kier molecular flexibility index (Phi) is 2.31. The lowest BCUT2D eigenvalue weighted by Gasteiger charge is -2.15. The Morgan fingerprint density at radius 3 is 3.00 bits per heavy atom. The van der Waals surface area contributed by atoms with Crippen molar-refractivity contribution in [2.45, 2.75) is 25.8 Å². The van der Waals surface area contributed by atoms with Crippen molar-refractivity contribution in [3.63, 3.8) is 0 Å². The van der Waals surface area contributed by atoms with E-state index in [1.165, 1.54) is 6.07 Å². The van der Waals surface area contributed by atoms with E-state index in [-0.39, 0.29) is 5.82 Å². The number of benzene rings is 1. The molecule has 3 rings (SSSR count). The van der Waals surface area contributed by atoms with Gasteiger partial charge in [-0.3, -0.25) is 0 Å². The molecule has 0 radical (unpaired) electrons. The molecule has 2 aromatic rings. The average molecular weight is 232 g/mol. The van der Waals surface area contributed by atoms with E-state index in [0.29, 0.717) is 17.1 Å². The third-order valence-electron chi connectivity index (χ3n) is 3.09. The summed E-state index contributed by atoms with van der Waals surface area (Å²) in [7, 11) is 0. The van der Waals surface area contributed by atoms with Crippen LogP contribution in [0.5, 0.6) is 0 Å². The third-order valence-corrected chi connectivity index (χ3v) is 3.09. The zero-order valence-electron chi connectivity index (χ0n) is 9.36. The van der Waals surface area contributed by atoms with Gasteiger partial charge in [0, 0.05) is 18.7 Å². The molecular formula is C12H13FN4. The standard InChI is InChI=1S/C12H13FN4/c13-10-5-4-8(14)7-9(10)12-16-15-11-3-1-2-6-17(11)12/h4-5,7H,1-3,6,14H2. The first-order valence-corrected chi connectivity index (χ1v) is 5.73. The molecule has 0 spiro atoms. The van der Waals surface area contributed by atoms with E-state index >= 15 is 0 Å². The number of aromatic nitrogens is 3. The highest BCUT2D eigenvalue weighted by Gasteiger charge is 2.19. The zero-order valence-corrected chi connectivity index (χ0v) is 9.36. The Labute approximate surface area is 98.3 Å². The number of rotatable bonds is 1. The molecule has 1 aromatic heterocycles. The summed E-state index contributed by atoms with van der Waals surface area (Å²) in [5, 5.41) is 8.20. The fraction of sp³-hybridized carbons (Fsp3) is 0.333. The molecule has 1 aliphatic heterocycles. The van der Waals surface area contributed by atoms with Crippen LogP contribution in [0, 0.1) is 5.82 Å². The lowest BCUT2D eigenvalue weighted by Crippen LogP contribution is -2.11. The van der Waals surface area contributed by atoms with Gasteiger partial charge in [0.1, 0.15) is 11.6 Å². The molecule has 2 heterocycles. The molecule has 4 nitrogen and oxygen atoms in total. The highest BCUT2D eigenvalue weighted by molar-refractivity contribution is 5.62. The minimum absolute atomic E-state index is 0.306.